The Morgan fingerprint density at radius 1 is 0.630 bits per heavy atom. The fourth-order valence-corrected chi connectivity index (χ4v) is 9.76. The fraction of sp³-hybridized carbons (Fsp3) is 0.0625. The Kier molecular flexibility index (Phi) is 5.11. The highest BCUT2D eigenvalue weighted by Crippen LogP contribution is 2.55. The standard InChI is InChI=1S/C48H29N5O/c1-48(2)33-15-7-5-13-29(33)40-31-18-17-27-21-36-41(30-14-6-8-16-35(30)50-36)45-39(27)42(31)37(23-34(40)48)53(45)47-51-44(28-12-9-19-49-24-28)43-32-20-25-10-3-4-11-26(25)22-38(32)54-46(43)52-47/h3-24,50H,1-2H3. The van der Waals surface area contributed by atoms with Crippen LogP contribution in [0, 0.1) is 0 Å². The summed E-state index contributed by atoms with van der Waals surface area (Å²) in [5.74, 6) is 0.565. The van der Waals surface area contributed by atoms with Gasteiger partial charge in [-0.3, -0.25) is 9.55 Å². The highest BCUT2D eigenvalue weighted by atomic mass is 16.3. The van der Waals surface area contributed by atoms with Crippen molar-refractivity contribution in [2.75, 3.05) is 0 Å². The molecule has 0 amide bonds. The summed E-state index contributed by atoms with van der Waals surface area (Å²) >= 11 is 0. The zero-order valence-electron chi connectivity index (χ0n) is 29.4. The minimum atomic E-state index is -0.200. The molecule has 5 aromatic heterocycles. The van der Waals surface area contributed by atoms with Gasteiger partial charge in [0.1, 0.15) is 5.58 Å². The van der Waals surface area contributed by atoms with Crippen LogP contribution in [0.25, 0.3) is 116 Å². The molecular formula is C48H29N5O. The van der Waals surface area contributed by atoms with Gasteiger partial charge in [0.05, 0.1) is 22.1 Å². The predicted molar refractivity (Wildman–Crippen MR) is 220 cm³/mol. The second kappa shape index (κ2) is 9.68. The second-order valence-electron chi connectivity index (χ2n) is 15.3. The molecule has 7 aromatic carbocycles. The summed E-state index contributed by atoms with van der Waals surface area (Å²) in [7, 11) is 0. The van der Waals surface area contributed by atoms with E-state index in [2.05, 4.69) is 144 Å². The SMILES string of the molecule is CC1(C)c2ccccc2-c2c1cc1c3c2ccc2cc4[nH]c5ccccc5c4c(c23)n1-c1nc(-c2cccnc2)c2c(n1)oc1cc3ccccc3cc12. The van der Waals surface area contributed by atoms with E-state index in [9.17, 15) is 0 Å². The number of benzene rings is 7. The summed E-state index contributed by atoms with van der Waals surface area (Å²) in [5.41, 5.74) is 12.5. The van der Waals surface area contributed by atoms with Crippen LogP contribution in [0.15, 0.2) is 138 Å². The van der Waals surface area contributed by atoms with E-state index in [4.69, 9.17) is 14.4 Å². The predicted octanol–water partition coefficient (Wildman–Crippen LogP) is 12.2. The maximum Gasteiger partial charge on any atom is 0.238 e. The van der Waals surface area contributed by atoms with Crippen molar-refractivity contribution < 1.29 is 4.42 Å². The van der Waals surface area contributed by atoms with Crippen LogP contribution in [-0.2, 0) is 5.41 Å². The molecule has 5 heterocycles. The van der Waals surface area contributed by atoms with E-state index < -0.39 is 0 Å². The van der Waals surface area contributed by atoms with Crippen molar-refractivity contribution in [3.8, 4) is 28.3 Å². The Hall–Kier alpha value is -7.05. The molecule has 0 unspecified atom stereocenters. The lowest BCUT2D eigenvalue weighted by molar-refractivity contribution is 0.651. The van der Waals surface area contributed by atoms with E-state index in [-0.39, 0.29) is 5.41 Å². The molecule has 1 aliphatic carbocycles. The Morgan fingerprint density at radius 2 is 1.46 bits per heavy atom. The molecule has 0 saturated heterocycles. The first-order valence-corrected chi connectivity index (χ1v) is 18.4. The molecule has 0 fully saturated rings. The lowest BCUT2D eigenvalue weighted by Crippen LogP contribution is -2.15. The van der Waals surface area contributed by atoms with Crippen LogP contribution in [0.3, 0.4) is 0 Å². The van der Waals surface area contributed by atoms with Crippen molar-refractivity contribution in [2.45, 2.75) is 19.3 Å². The zero-order chi connectivity index (χ0) is 35.4. The quantitative estimate of drug-likeness (QED) is 0.183. The smallest absolute Gasteiger partial charge is 0.238 e. The maximum absolute atomic E-state index is 6.73. The average Bonchev–Trinajstić information content (AvgIpc) is 3.92. The number of H-pyrrole nitrogens is 1. The molecule has 0 atom stereocenters. The molecule has 252 valence electrons. The van der Waals surface area contributed by atoms with Gasteiger partial charge in [-0.1, -0.05) is 92.7 Å². The van der Waals surface area contributed by atoms with E-state index in [1.807, 2.05) is 12.3 Å². The van der Waals surface area contributed by atoms with Gasteiger partial charge in [0.2, 0.25) is 11.7 Å². The average molecular weight is 692 g/mol. The van der Waals surface area contributed by atoms with Crippen molar-refractivity contribution in [1.82, 2.24) is 24.5 Å². The first-order chi connectivity index (χ1) is 26.5. The van der Waals surface area contributed by atoms with E-state index in [1.54, 1.807) is 6.20 Å². The lowest BCUT2D eigenvalue weighted by Gasteiger charge is -2.22. The van der Waals surface area contributed by atoms with Crippen molar-refractivity contribution in [2.24, 2.45) is 0 Å². The van der Waals surface area contributed by atoms with Gasteiger partial charge in [-0.05, 0) is 86.3 Å². The molecule has 6 nitrogen and oxygen atoms in total. The van der Waals surface area contributed by atoms with Crippen LogP contribution in [0.4, 0.5) is 0 Å². The summed E-state index contributed by atoms with van der Waals surface area (Å²) in [5, 5.41) is 11.3. The largest absolute Gasteiger partial charge is 0.437 e. The summed E-state index contributed by atoms with van der Waals surface area (Å²) in [4.78, 5) is 19.2. The Bertz CT molecular complexity index is 3590. The Balaban J connectivity index is 1.25. The van der Waals surface area contributed by atoms with E-state index in [0.29, 0.717) is 11.7 Å². The number of rotatable bonds is 2. The van der Waals surface area contributed by atoms with Crippen molar-refractivity contribution in [3.63, 3.8) is 0 Å². The van der Waals surface area contributed by atoms with Crippen LogP contribution in [0.1, 0.15) is 25.0 Å². The summed E-state index contributed by atoms with van der Waals surface area (Å²) < 4.78 is 9.05. The number of fused-ring (bicyclic) bond motifs is 12. The van der Waals surface area contributed by atoms with E-state index in [0.717, 1.165) is 65.8 Å². The molecule has 0 radical (unpaired) electrons. The van der Waals surface area contributed by atoms with Gasteiger partial charge in [-0.2, -0.15) is 4.98 Å². The number of aromatic nitrogens is 5. The highest BCUT2D eigenvalue weighted by molar-refractivity contribution is 6.35. The highest BCUT2D eigenvalue weighted by Gasteiger charge is 2.38. The van der Waals surface area contributed by atoms with Crippen LogP contribution in [0.5, 0.6) is 0 Å². The van der Waals surface area contributed by atoms with E-state index in [1.165, 1.54) is 49.2 Å². The number of nitrogens with one attached hydrogen (secondary N) is 1. The monoisotopic (exact) mass is 691 g/mol. The minimum absolute atomic E-state index is 0.200. The van der Waals surface area contributed by atoms with Gasteiger partial charge < -0.3 is 9.40 Å². The number of nitrogens with zero attached hydrogens (tertiary/aromatic N) is 4. The first-order valence-electron chi connectivity index (χ1n) is 18.4. The van der Waals surface area contributed by atoms with Crippen molar-refractivity contribution in [3.05, 3.63) is 145 Å². The van der Waals surface area contributed by atoms with Gasteiger partial charge in [0, 0.05) is 61.3 Å². The fourth-order valence-electron chi connectivity index (χ4n) is 9.76. The van der Waals surface area contributed by atoms with Gasteiger partial charge in [0.25, 0.3) is 0 Å². The zero-order valence-corrected chi connectivity index (χ0v) is 29.4. The topological polar surface area (TPSA) is 72.5 Å². The first kappa shape index (κ1) is 28.5. The number of para-hydroxylation sites is 1. The molecule has 13 rings (SSSR count). The Morgan fingerprint density at radius 3 is 2.35 bits per heavy atom. The molecule has 6 heteroatoms. The molecule has 0 aliphatic heterocycles. The third-order valence-electron chi connectivity index (χ3n) is 12.2. The summed E-state index contributed by atoms with van der Waals surface area (Å²) in [6, 6.07) is 43.6. The number of furan rings is 1. The Labute approximate surface area is 307 Å². The van der Waals surface area contributed by atoms with Gasteiger partial charge in [0.15, 0.2) is 0 Å². The normalized spacial score (nSPS) is 13.9. The molecular weight excluding hydrogens is 663 g/mol. The van der Waals surface area contributed by atoms with Gasteiger partial charge in [-0.15, -0.1) is 0 Å². The lowest BCUT2D eigenvalue weighted by atomic mass is 9.82. The molecule has 0 bridgehead atoms. The van der Waals surface area contributed by atoms with Gasteiger partial charge >= 0.3 is 0 Å². The number of hydrogen-bond donors (Lipinski definition) is 1. The maximum atomic E-state index is 6.73. The summed E-state index contributed by atoms with van der Waals surface area (Å²) in [6.45, 7) is 4.70. The number of aromatic amines is 1. The third-order valence-corrected chi connectivity index (χ3v) is 12.2. The molecule has 1 N–H and O–H groups in total. The number of hydrogen-bond acceptors (Lipinski definition) is 4. The molecule has 0 spiro atoms. The van der Waals surface area contributed by atoms with Crippen LogP contribution in [-0.4, -0.2) is 24.5 Å². The van der Waals surface area contributed by atoms with Crippen LogP contribution in [0.2, 0.25) is 0 Å². The van der Waals surface area contributed by atoms with Crippen LogP contribution >= 0.6 is 0 Å². The minimum Gasteiger partial charge on any atom is -0.437 e. The van der Waals surface area contributed by atoms with Crippen LogP contribution < -0.4 is 0 Å². The summed E-state index contributed by atoms with van der Waals surface area (Å²) in [6.07, 6.45) is 3.69. The van der Waals surface area contributed by atoms with Crippen molar-refractivity contribution >= 4 is 87.2 Å². The van der Waals surface area contributed by atoms with Crippen molar-refractivity contribution in [1.29, 1.82) is 0 Å². The second-order valence-corrected chi connectivity index (χ2v) is 15.3. The molecule has 12 aromatic rings. The van der Waals surface area contributed by atoms with E-state index >= 15 is 0 Å². The third kappa shape index (κ3) is 3.44. The number of pyridine rings is 1. The molecule has 54 heavy (non-hydrogen) atoms. The molecule has 1 aliphatic rings. The van der Waals surface area contributed by atoms with Gasteiger partial charge in [-0.25, -0.2) is 4.98 Å². The molecule has 0 saturated carbocycles.